The van der Waals surface area contributed by atoms with Gasteiger partial charge in [0.2, 0.25) is 11.8 Å². The largest absolute Gasteiger partial charge is 0.495 e. The van der Waals surface area contributed by atoms with Gasteiger partial charge in [0.1, 0.15) is 5.75 Å². The molecular formula is C18H26N2O3. The van der Waals surface area contributed by atoms with Crippen molar-refractivity contribution >= 4 is 17.5 Å². The van der Waals surface area contributed by atoms with E-state index in [-0.39, 0.29) is 29.7 Å². The average molecular weight is 318 g/mol. The third-order valence-corrected chi connectivity index (χ3v) is 4.26. The molecule has 126 valence electrons. The second-order valence-electron chi connectivity index (χ2n) is 6.40. The molecule has 0 bridgehead atoms. The third kappa shape index (κ3) is 4.71. The van der Waals surface area contributed by atoms with Crippen LogP contribution in [-0.4, -0.2) is 25.0 Å². The van der Waals surface area contributed by atoms with Crippen LogP contribution in [0.1, 0.15) is 39.5 Å². The van der Waals surface area contributed by atoms with Gasteiger partial charge in [-0.1, -0.05) is 12.1 Å². The van der Waals surface area contributed by atoms with Crippen LogP contribution in [0.15, 0.2) is 24.3 Å². The van der Waals surface area contributed by atoms with Crippen LogP contribution in [0.2, 0.25) is 0 Å². The number of ether oxygens (including phenoxy) is 1. The molecule has 0 atom stereocenters. The van der Waals surface area contributed by atoms with Crippen molar-refractivity contribution in [2.75, 3.05) is 12.4 Å². The zero-order valence-corrected chi connectivity index (χ0v) is 14.1. The molecule has 0 unspecified atom stereocenters. The van der Waals surface area contributed by atoms with Gasteiger partial charge in [0.05, 0.1) is 12.8 Å². The van der Waals surface area contributed by atoms with Crippen LogP contribution >= 0.6 is 0 Å². The van der Waals surface area contributed by atoms with E-state index in [9.17, 15) is 9.59 Å². The monoisotopic (exact) mass is 318 g/mol. The molecule has 0 radical (unpaired) electrons. The lowest BCUT2D eigenvalue weighted by Crippen LogP contribution is -2.38. The highest BCUT2D eigenvalue weighted by Gasteiger charge is 2.30. The van der Waals surface area contributed by atoms with Crippen molar-refractivity contribution in [3.05, 3.63) is 24.3 Å². The van der Waals surface area contributed by atoms with E-state index < -0.39 is 0 Å². The maximum absolute atomic E-state index is 12.4. The Labute approximate surface area is 137 Å². The number of nitrogens with one attached hydrogen (secondary N) is 2. The van der Waals surface area contributed by atoms with Crippen molar-refractivity contribution in [3.63, 3.8) is 0 Å². The number of hydrogen-bond donors (Lipinski definition) is 2. The van der Waals surface area contributed by atoms with Crippen molar-refractivity contribution in [2.45, 2.75) is 45.6 Å². The number of benzene rings is 1. The molecule has 1 fully saturated rings. The van der Waals surface area contributed by atoms with E-state index in [1.807, 2.05) is 38.1 Å². The van der Waals surface area contributed by atoms with E-state index in [0.717, 1.165) is 25.7 Å². The molecular weight excluding hydrogens is 292 g/mol. The Hall–Kier alpha value is -2.04. The Morgan fingerprint density at radius 2 is 1.61 bits per heavy atom. The fourth-order valence-corrected chi connectivity index (χ4v) is 3.00. The van der Waals surface area contributed by atoms with E-state index in [1.165, 1.54) is 0 Å². The molecule has 1 saturated carbocycles. The lowest BCUT2D eigenvalue weighted by molar-refractivity contribution is -0.128. The van der Waals surface area contributed by atoms with E-state index in [2.05, 4.69) is 10.6 Å². The van der Waals surface area contributed by atoms with E-state index in [0.29, 0.717) is 11.4 Å². The summed E-state index contributed by atoms with van der Waals surface area (Å²) in [6.45, 7) is 3.93. The zero-order valence-electron chi connectivity index (χ0n) is 14.1. The molecule has 1 aliphatic carbocycles. The highest BCUT2D eigenvalue weighted by Crippen LogP contribution is 2.31. The molecule has 5 nitrogen and oxygen atoms in total. The number of rotatable bonds is 5. The van der Waals surface area contributed by atoms with Crippen molar-refractivity contribution in [2.24, 2.45) is 11.8 Å². The van der Waals surface area contributed by atoms with Gasteiger partial charge in [0.15, 0.2) is 0 Å². The summed E-state index contributed by atoms with van der Waals surface area (Å²) in [7, 11) is 1.59. The van der Waals surface area contributed by atoms with Crippen LogP contribution in [0, 0.1) is 11.8 Å². The van der Waals surface area contributed by atoms with Crippen molar-refractivity contribution < 1.29 is 14.3 Å². The first-order chi connectivity index (χ1) is 11.0. The van der Waals surface area contributed by atoms with Gasteiger partial charge in [-0.05, 0) is 51.7 Å². The number of carbonyl (C=O) groups is 2. The van der Waals surface area contributed by atoms with Crippen molar-refractivity contribution in [1.29, 1.82) is 0 Å². The molecule has 2 rings (SSSR count). The summed E-state index contributed by atoms with van der Waals surface area (Å²) in [5, 5.41) is 5.90. The second kappa shape index (κ2) is 7.99. The van der Waals surface area contributed by atoms with Gasteiger partial charge in [-0.2, -0.15) is 0 Å². The molecule has 23 heavy (non-hydrogen) atoms. The fourth-order valence-electron chi connectivity index (χ4n) is 3.00. The molecule has 0 aliphatic heterocycles. The summed E-state index contributed by atoms with van der Waals surface area (Å²) in [6, 6.07) is 7.55. The van der Waals surface area contributed by atoms with Gasteiger partial charge in [0, 0.05) is 17.9 Å². The van der Waals surface area contributed by atoms with Gasteiger partial charge in [0.25, 0.3) is 0 Å². The molecule has 5 heteroatoms. The highest BCUT2D eigenvalue weighted by atomic mass is 16.5. The Bertz CT molecular complexity index is 549. The first-order valence-corrected chi connectivity index (χ1v) is 8.25. The zero-order chi connectivity index (χ0) is 16.8. The van der Waals surface area contributed by atoms with Crippen LogP contribution in [0.5, 0.6) is 5.75 Å². The first kappa shape index (κ1) is 17.3. The topological polar surface area (TPSA) is 67.4 Å². The SMILES string of the molecule is COc1ccccc1NC(=O)C1CCC(C(=O)NC(C)C)CC1. The van der Waals surface area contributed by atoms with E-state index >= 15 is 0 Å². The fraction of sp³-hybridized carbons (Fsp3) is 0.556. The summed E-state index contributed by atoms with van der Waals surface area (Å²) < 4.78 is 5.25. The van der Waals surface area contributed by atoms with Crippen molar-refractivity contribution in [3.8, 4) is 5.75 Å². The number of anilines is 1. The normalized spacial score (nSPS) is 20.9. The summed E-state index contributed by atoms with van der Waals surface area (Å²) in [6.07, 6.45) is 3.03. The molecule has 1 aliphatic rings. The number of para-hydroxylation sites is 2. The molecule has 1 aromatic rings. The maximum Gasteiger partial charge on any atom is 0.227 e. The molecule has 0 spiro atoms. The molecule has 0 aromatic heterocycles. The predicted octanol–water partition coefficient (Wildman–Crippen LogP) is 2.96. The maximum atomic E-state index is 12.4. The summed E-state index contributed by atoms with van der Waals surface area (Å²) in [5.41, 5.74) is 0.694. The minimum absolute atomic E-state index is 0.0113. The predicted molar refractivity (Wildman–Crippen MR) is 90.4 cm³/mol. The van der Waals surface area contributed by atoms with Crippen LogP contribution in [0.4, 0.5) is 5.69 Å². The second-order valence-corrected chi connectivity index (χ2v) is 6.40. The minimum atomic E-state index is -0.0389. The lowest BCUT2D eigenvalue weighted by atomic mass is 9.81. The van der Waals surface area contributed by atoms with Gasteiger partial charge in [-0.3, -0.25) is 9.59 Å². The molecule has 2 N–H and O–H groups in total. The Kier molecular flexibility index (Phi) is 6.02. The molecule has 2 amide bonds. The summed E-state index contributed by atoms with van der Waals surface area (Å²) in [5.74, 6) is 0.780. The Morgan fingerprint density at radius 3 is 2.17 bits per heavy atom. The smallest absolute Gasteiger partial charge is 0.227 e. The van der Waals surface area contributed by atoms with E-state index in [4.69, 9.17) is 4.74 Å². The number of amides is 2. The van der Waals surface area contributed by atoms with Crippen LogP contribution in [-0.2, 0) is 9.59 Å². The third-order valence-electron chi connectivity index (χ3n) is 4.26. The molecule has 1 aromatic carbocycles. The highest BCUT2D eigenvalue weighted by molar-refractivity contribution is 5.94. The summed E-state index contributed by atoms with van der Waals surface area (Å²) >= 11 is 0. The van der Waals surface area contributed by atoms with Gasteiger partial charge in [-0.15, -0.1) is 0 Å². The van der Waals surface area contributed by atoms with Crippen LogP contribution in [0.3, 0.4) is 0 Å². The average Bonchev–Trinajstić information content (AvgIpc) is 2.55. The standard InChI is InChI=1S/C18H26N2O3/c1-12(2)19-17(21)13-8-10-14(11-9-13)18(22)20-15-6-4-5-7-16(15)23-3/h4-7,12-14H,8-11H2,1-3H3,(H,19,21)(H,20,22). The number of carbonyl (C=O) groups excluding carboxylic acids is 2. The number of hydrogen-bond acceptors (Lipinski definition) is 3. The van der Waals surface area contributed by atoms with Gasteiger partial charge >= 0.3 is 0 Å². The van der Waals surface area contributed by atoms with Crippen molar-refractivity contribution in [1.82, 2.24) is 5.32 Å². The number of methoxy groups -OCH3 is 1. The Morgan fingerprint density at radius 1 is 1.04 bits per heavy atom. The molecule has 0 heterocycles. The van der Waals surface area contributed by atoms with Gasteiger partial charge in [-0.25, -0.2) is 0 Å². The quantitative estimate of drug-likeness (QED) is 0.877. The summed E-state index contributed by atoms with van der Waals surface area (Å²) in [4.78, 5) is 24.5. The minimum Gasteiger partial charge on any atom is -0.495 e. The lowest BCUT2D eigenvalue weighted by Gasteiger charge is -2.27. The first-order valence-electron chi connectivity index (χ1n) is 8.25. The van der Waals surface area contributed by atoms with Crippen LogP contribution < -0.4 is 15.4 Å². The molecule has 0 saturated heterocycles. The Balaban J connectivity index is 1.87. The van der Waals surface area contributed by atoms with Gasteiger partial charge < -0.3 is 15.4 Å². The van der Waals surface area contributed by atoms with Crippen LogP contribution in [0.25, 0.3) is 0 Å². The van der Waals surface area contributed by atoms with E-state index in [1.54, 1.807) is 7.11 Å².